The Bertz CT molecular complexity index is 795. The molecule has 1 aromatic carbocycles. The van der Waals surface area contributed by atoms with Crippen LogP contribution in [0.15, 0.2) is 23.6 Å². The zero-order chi connectivity index (χ0) is 19.3. The van der Waals surface area contributed by atoms with E-state index < -0.39 is 6.04 Å². The molecule has 2 aromatic rings. The predicted molar refractivity (Wildman–Crippen MR) is 111 cm³/mol. The second kappa shape index (κ2) is 10.2. The highest BCUT2D eigenvalue weighted by Gasteiger charge is 2.18. The van der Waals surface area contributed by atoms with Crippen LogP contribution in [-0.2, 0) is 9.59 Å². The number of carbonyl (C=O) groups excluding carboxylic acids is 2. The van der Waals surface area contributed by atoms with E-state index in [1.165, 1.54) is 11.3 Å². The van der Waals surface area contributed by atoms with Gasteiger partial charge in [0, 0.05) is 10.9 Å². The fourth-order valence-corrected chi connectivity index (χ4v) is 2.96. The van der Waals surface area contributed by atoms with Crippen LogP contribution in [0.2, 0.25) is 0 Å². The molecule has 0 radical (unpaired) electrons. The first-order chi connectivity index (χ1) is 12.3. The third-order valence-electron chi connectivity index (χ3n) is 3.83. The molecule has 1 heterocycles. The molecule has 4 N–H and O–H groups in total. The van der Waals surface area contributed by atoms with E-state index in [0.717, 1.165) is 16.8 Å². The minimum Gasteiger partial charge on any atom is -0.496 e. The largest absolute Gasteiger partial charge is 0.496 e. The summed E-state index contributed by atoms with van der Waals surface area (Å²) in [4.78, 5) is 28.2. The van der Waals surface area contributed by atoms with Gasteiger partial charge >= 0.3 is 0 Å². The molecule has 1 aromatic heterocycles. The van der Waals surface area contributed by atoms with Crippen molar-refractivity contribution in [2.45, 2.75) is 26.8 Å². The van der Waals surface area contributed by atoms with Crippen LogP contribution in [0.4, 0.5) is 5.13 Å². The van der Waals surface area contributed by atoms with Crippen molar-refractivity contribution in [2.24, 2.45) is 11.7 Å². The number of hydrogen-bond donors (Lipinski definition) is 3. The van der Waals surface area contributed by atoms with Gasteiger partial charge in [0.1, 0.15) is 5.75 Å². The van der Waals surface area contributed by atoms with Crippen molar-refractivity contribution in [1.29, 1.82) is 0 Å². The topological polar surface area (TPSA) is 106 Å². The molecule has 0 spiro atoms. The van der Waals surface area contributed by atoms with Gasteiger partial charge < -0.3 is 21.1 Å². The Hall–Kier alpha value is -2.16. The maximum atomic E-state index is 12.0. The smallest absolute Gasteiger partial charge is 0.245 e. The molecule has 9 heteroatoms. The number of methoxy groups -OCH3 is 1. The average molecular weight is 413 g/mol. The van der Waals surface area contributed by atoms with E-state index in [-0.39, 0.29) is 36.7 Å². The summed E-state index contributed by atoms with van der Waals surface area (Å²) in [6, 6.07) is 5.19. The van der Waals surface area contributed by atoms with E-state index in [0.29, 0.717) is 10.9 Å². The molecule has 0 fully saturated rings. The van der Waals surface area contributed by atoms with Crippen molar-refractivity contribution < 1.29 is 14.3 Å². The normalized spacial score (nSPS) is 11.5. The van der Waals surface area contributed by atoms with Crippen LogP contribution in [0, 0.1) is 12.8 Å². The molecule has 2 rings (SSSR count). The van der Waals surface area contributed by atoms with E-state index in [2.05, 4.69) is 15.6 Å². The van der Waals surface area contributed by atoms with Crippen LogP contribution in [0.25, 0.3) is 11.3 Å². The van der Waals surface area contributed by atoms with E-state index >= 15 is 0 Å². The van der Waals surface area contributed by atoms with Crippen LogP contribution in [0.3, 0.4) is 0 Å². The number of amides is 2. The Balaban J connectivity index is 0.00000364. The van der Waals surface area contributed by atoms with Gasteiger partial charge in [-0.15, -0.1) is 23.7 Å². The number of nitrogens with zero attached hydrogens (tertiary/aromatic N) is 1. The molecule has 0 bridgehead atoms. The summed E-state index contributed by atoms with van der Waals surface area (Å²) in [5, 5.41) is 7.51. The predicted octanol–water partition coefficient (Wildman–Crippen LogP) is 2.59. The summed E-state index contributed by atoms with van der Waals surface area (Å²) >= 11 is 1.31. The molecule has 0 saturated heterocycles. The summed E-state index contributed by atoms with van der Waals surface area (Å²) in [5.74, 6) is 0.0171. The Kier molecular flexibility index (Phi) is 8.68. The number of aryl methyl sites for hydroxylation is 1. The summed E-state index contributed by atoms with van der Waals surface area (Å²) in [6.45, 7) is 5.53. The number of benzene rings is 1. The maximum Gasteiger partial charge on any atom is 0.245 e. The average Bonchev–Trinajstić information content (AvgIpc) is 3.07. The van der Waals surface area contributed by atoms with Gasteiger partial charge in [-0.3, -0.25) is 9.59 Å². The van der Waals surface area contributed by atoms with Crippen LogP contribution in [0.1, 0.15) is 19.4 Å². The Morgan fingerprint density at radius 1 is 1.33 bits per heavy atom. The summed E-state index contributed by atoms with van der Waals surface area (Å²) in [5.41, 5.74) is 8.41. The van der Waals surface area contributed by atoms with Crippen LogP contribution >= 0.6 is 23.7 Å². The highest BCUT2D eigenvalue weighted by molar-refractivity contribution is 7.14. The third-order valence-corrected chi connectivity index (χ3v) is 4.58. The second-order valence-electron chi connectivity index (χ2n) is 6.28. The zero-order valence-corrected chi connectivity index (χ0v) is 17.4. The van der Waals surface area contributed by atoms with Crippen molar-refractivity contribution in [2.75, 3.05) is 19.0 Å². The number of aromatic nitrogens is 1. The van der Waals surface area contributed by atoms with Crippen LogP contribution < -0.4 is 21.1 Å². The quantitative estimate of drug-likeness (QED) is 0.648. The van der Waals surface area contributed by atoms with E-state index in [1.807, 2.05) is 44.4 Å². The molecule has 0 aliphatic heterocycles. The zero-order valence-electron chi connectivity index (χ0n) is 15.7. The molecular formula is C18H25ClN4O3S. The Labute approximate surface area is 169 Å². The van der Waals surface area contributed by atoms with Crippen molar-refractivity contribution in [1.82, 2.24) is 10.3 Å². The number of halogens is 1. The van der Waals surface area contributed by atoms with Crippen molar-refractivity contribution in [3.05, 3.63) is 29.1 Å². The van der Waals surface area contributed by atoms with Gasteiger partial charge in [-0.25, -0.2) is 4.98 Å². The van der Waals surface area contributed by atoms with Gasteiger partial charge in [0.15, 0.2) is 5.13 Å². The van der Waals surface area contributed by atoms with Crippen molar-refractivity contribution in [3.63, 3.8) is 0 Å². The lowest BCUT2D eigenvalue weighted by molar-refractivity contribution is -0.125. The highest BCUT2D eigenvalue weighted by Crippen LogP contribution is 2.32. The number of rotatable bonds is 7. The summed E-state index contributed by atoms with van der Waals surface area (Å²) < 4.78 is 5.37. The number of nitrogens with two attached hydrogens (primary N) is 1. The van der Waals surface area contributed by atoms with Crippen LogP contribution in [0.5, 0.6) is 5.75 Å². The summed E-state index contributed by atoms with van der Waals surface area (Å²) in [7, 11) is 1.60. The number of hydrogen-bond acceptors (Lipinski definition) is 6. The first-order valence-corrected chi connectivity index (χ1v) is 9.13. The van der Waals surface area contributed by atoms with Gasteiger partial charge in [-0.05, 0) is 25.0 Å². The molecule has 2 amide bonds. The molecule has 1 atom stereocenters. The molecule has 0 unspecified atom stereocenters. The van der Waals surface area contributed by atoms with Gasteiger partial charge in [0.05, 0.1) is 25.4 Å². The minimum atomic E-state index is -0.636. The minimum absolute atomic E-state index is 0. The molecule has 7 nitrogen and oxygen atoms in total. The van der Waals surface area contributed by atoms with E-state index in [1.54, 1.807) is 7.11 Å². The number of thiazole rings is 1. The number of nitrogens with one attached hydrogen (secondary N) is 2. The number of anilines is 1. The van der Waals surface area contributed by atoms with Gasteiger partial charge in [-0.1, -0.05) is 25.5 Å². The molecular weight excluding hydrogens is 388 g/mol. The van der Waals surface area contributed by atoms with Crippen molar-refractivity contribution >= 4 is 40.7 Å². The molecule has 0 aliphatic carbocycles. The van der Waals surface area contributed by atoms with Gasteiger partial charge in [-0.2, -0.15) is 0 Å². The molecule has 27 heavy (non-hydrogen) atoms. The van der Waals surface area contributed by atoms with Gasteiger partial charge in [0.25, 0.3) is 0 Å². The summed E-state index contributed by atoms with van der Waals surface area (Å²) in [6.07, 6.45) is 0. The van der Waals surface area contributed by atoms with E-state index in [4.69, 9.17) is 10.5 Å². The number of ether oxygens (including phenoxy) is 1. The molecule has 0 aliphatic rings. The first kappa shape index (κ1) is 22.9. The fraction of sp³-hybridized carbons (Fsp3) is 0.389. The lowest BCUT2D eigenvalue weighted by Crippen LogP contribution is -2.46. The number of carbonyl (C=O) groups is 2. The third kappa shape index (κ3) is 6.20. The Morgan fingerprint density at radius 2 is 2.04 bits per heavy atom. The standard InChI is InChI=1S/C18H24N4O3S.ClH/c1-10(2)16(19)17(24)20-8-15(23)22-18-21-13(9-26-18)12-7-11(3)5-6-14(12)25-4;/h5-7,9-10,16H,8,19H2,1-4H3,(H,20,24)(H,21,22,23);1H/t16-;/m0./s1. The van der Waals surface area contributed by atoms with Gasteiger partial charge in [0.2, 0.25) is 11.8 Å². The first-order valence-electron chi connectivity index (χ1n) is 8.25. The second-order valence-corrected chi connectivity index (χ2v) is 7.14. The van der Waals surface area contributed by atoms with E-state index in [9.17, 15) is 9.59 Å². The highest BCUT2D eigenvalue weighted by atomic mass is 35.5. The fourth-order valence-electron chi connectivity index (χ4n) is 2.23. The Morgan fingerprint density at radius 3 is 2.67 bits per heavy atom. The maximum absolute atomic E-state index is 12.0. The molecule has 0 saturated carbocycles. The van der Waals surface area contributed by atoms with Crippen molar-refractivity contribution in [3.8, 4) is 17.0 Å². The molecule has 148 valence electrons. The SMILES string of the molecule is COc1ccc(C)cc1-c1csc(NC(=O)CNC(=O)[C@@H](N)C(C)C)n1.Cl. The lowest BCUT2D eigenvalue weighted by Gasteiger charge is -2.14. The lowest BCUT2D eigenvalue weighted by atomic mass is 10.1. The monoisotopic (exact) mass is 412 g/mol. The van der Waals surface area contributed by atoms with Crippen LogP contribution in [-0.4, -0.2) is 36.5 Å².